The standard InChI is InChI=1S/C33H34F2/c34-32-22-18-30(19-23-32)28-14-10-26(11-15-28)8-6-4-2-1-3-5-7-9-27-12-16-29(17-13-27)31-20-24-33(35)25-21-31/h10-25H,1-9H2. The van der Waals surface area contributed by atoms with Crippen LogP contribution in [0, 0.1) is 11.6 Å². The van der Waals surface area contributed by atoms with Crippen molar-refractivity contribution < 1.29 is 8.78 Å². The van der Waals surface area contributed by atoms with Crippen LogP contribution < -0.4 is 0 Å². The fourth-order valence-corrected chi connectivity index (χ4v) is 4.55. The molecule has 35 heavy (non-hydrogen) atoms. The Morgan fingerprint density at radius 1 is 0.314 bits per heavy atom. The highest BCUT2D eigenvalue weighted by Crippen LogP contribution is 2.22. The summed E-state index contributed by atoms with van der Waals surface area (Å²) in [5.74, 6) is -0.390. The van der Waals surface area contributed by atoms with E-state index in [2.05, 4.69) is 48.5 Å². The molecule has 0 nitrogen and oxygen atoms in total. The van der Waals surface area contributed by atoms with Crippen molar-refractivity contribution in [2.24, 2.45) is 0 Å². The lowest BCUT2D eigenvalue weighted by molar-refractivity contribution is 0.579. The molecule has 180 valence electrons. The van der Waals surface area contributed by atoms with E-state index in [0.29, 0.717) is 0 Å². The third kappa shape index (κ3) is 7.89. The lowest BCUT2D eigenvalue weighted by atomic mass is 9.99. The summed E-state index contributed by atoms with van der Waals surface area (Å²) in [5.41, 5.74) is 7.14. The van der Waals surface area contributed by atoms with Crippen LogP contribution in [0.15, 0.2) is 97.1 Å². The number of rotatable bonds is 12. The first-order valence-electron chi connectivity index (χ1n) is 12.9. The van der Waals surface area contributed by atoms with Gasteiger partial charge in [0.15, 0.2) is 0 Å². The van der Waals surface area contributed by atoms with Crippen molar-refractivity contribution in [3.63, 3.8) is 0 Å². The molecular weight excluding hydrogens is 434 g/mol. The van der Waals surface area contributed by atoms with Gasteiger partial charge in [0.1, 0.15) is 11.6 Å². The van der Waals surface area contributed by atoms with E-state index < -0.39 is 0 Å². The zero-order chi connectivity index (χ0) is 24.3. The molecule has 0 aliphatic carbocycles. The summed E-state index contributed by atoms with van der Waals surface area (Å²) in [6, 6.07) is 30.7. The van der Waals surface area contributed by atoms with Gasteiger partial charge in [0.05, 0.1) is 0 Å². The summed E-state index contributed by atoms with van der Waals surface area (Å²) < 4.78 is 26.2. The predicted molar refractivity (Wildman–Crippen MR) is 143 cm³/mol. The minimum Gasteiger partial charge on any atom is -0.207 e. The number of hydrogen-bond acceptors (Lipinski definition) is 0. The SMILES string of the molecule is Fc1ccc(-c2ccc(CCCCCCCCCc3ccc(-c4ccc(F)cc4)cc3)cc2)cc1. The third-order valence-electron chi connectivity index (χ3n) is 6.69. The third-order valence-corrected chi connectivity index (χ3v) is 6.69. The van der Waals surface area contributed by atoms with Crippen LogP contribution >= 0.6 is 0 Å². The van der Waals surface area contributed by atoms with Crippen LogP contribution in [-0.2, 0) is 12.8 Å². The molecule has 0 atom stereocenters. The van der Waals surface area contributed by atoms with Gasteiger partial charge in [-0.1, -0.05) is 105 Å². The molecule has 0 fully saturated rings. The monoisotopic (exact) mass is 468 g/mol. The Hall–Kier alpha value is -3.26. The summed E-state index contributed by atoms with van der Waals surface area (Å²) in [6.45, 7) is 0. The van der Waals surface area contributed by atoms with Gasteiger partial charge in [-0.3, -0.25) is 0 Å². The largest absolute Gasteiger partial charge is 0.207 e. The molecule has 0 heterocycles. The van der Waals surface area contributed by atoms with Gasteiger partial charge in [-0.05, 0) is 83.3 Å². The number of unbranched alkanes of at least 4 members (excludes halogenated alkanes) is 6. The van der Waals surface area contributed by atoms with Gasteiger partial charge in [-0.2, -0.15) is 0 Å². The molecule has 0 saturated carbocycles. The van der Waals surface area contributed by atoms with Gasteiger partial charge in [0.25, 0.3) is 0 Å². The average molecular weight is 469 g/mol. The Balaban J connectivity index is 1.05. The van der Waals surface area contributed by atoms with Gasteiger partial charge in [0, 0.05) is 0 Å². The second kappa shape index (κ2) is 13.0. The van der Waals surface area contributed by atoms with Crippen molar-refractivity contribution in [3.8, 4) is 22.3 Å². The van der Waals surface area contributed by atoms with Crippen LogP contribution in [0.3, 0.4) is 0 Å². The van der Waals surface area contributed by atoms with E-state index in [1.807, 2.05) is 24.3 Å². The minimum atomic E-state index is -0.195. The quantitative estimate of drug-likeness (QED) is 0.181. The van der Waals surface area contributed by atoms with Gasteiger partial charge in [0.2, 0.25) is 0 Å². The maximum absolute atomic E-state index is 13.1. The molecule has 0 spiro atoms. The van der Waals surface area contributed by atoms with Crippen molar-refractivity contribution in [2.75, 3.05) is 0 Å². The lowest BCUT2D eigenvalue weighted by Gasteiger charge is -2.06. The predicted octanol–water partition coefficient (Wildman–Crippen LogP) is 9.81. The second-order valence-electron chi connectivity index (χ2n) is 9.38. The van der Waals surface area contributed by atoms with Crippen LogP contribution in [0.1, 0.15) is 56.1 Å². The summed E-state index contributed by atoms with van der Waals surface area (Å²) in [4.78, 5) is 0. The van der Waals surface area contributed by atoms with E-state index in [9.17, 15) is 8.78 Å². The fourth-order valence-electron chi connectivity index (χ4n) is 4.55. The Bertz CT molecular complexity index is 1050. The molecule has 0 amide bonds. The molecule has 0 aromatic heterocycles. The van der Waals surface area contributed by atoms with Crippen LogP contribution in [-0.4, -0.2) is 0 Å². The zero-order valence-electron chi connectivity index (χ0n) is 20.4. The van der Waals surface area contributed by atoms with Crippen molar-refractivity contribution in [3.05, 3.63) is 120 Å². The zero-order valence-corrected chi connectivity index (χ0v) is 20.4. The topological polar surface area (TPSA) is 0 Å². The summed E-state index contributed by atoms with van der Waals surface area (Å²) in [5, 5.41) is 0. The van der Waals surface area contributed by atoms with Gasteiger partial charge >= 0.3 is 0 Å². The first kappa shape index (κ1) is 24.9. The molecule has 0 aliphatic heterocycles. The summed E-state index contributed by atoms with van der Waals surface area (Å²) >= 11 is 0. The van der Waals surface area contributed by atoms with E-state index in [1.54, 1.807) is 0 Å². The smallest absolute Gasteiger partial charge is 0.123 e. The highest BCUT2D eigenvalue weighted by atomic mass is 19.1. The van der Waals surface area contributed by atoms with E-state index in [0.717, 1.165) is 35.1 Å². The normalized spacial score (nSPS) is 11.0. The molecule has 4 aromatic rings. The molecule has 0 bridgehead atoms. The number of hydrogen-bond donors (Lipinski definition) is 0. The molecule has 4 aromatic carbocycles. The van der Waals surface area contributed by atoms with E-state index in [-0.39, 0.29) is 11.6 Å². The lowest BCUT2D eigenvalue weighted by Crippen LogP contribution is -1.89. The molecule has 0 saturated heterocycles. The van der Waals surface area contributed by atoms with Gasteiger partial charge < -0.3 is 0 Å². The fraction of sp³-hybridized carbons (Fsp3) is 0.273. The molecular formula is C33H34F2. The van der Waals surface area contributed by atoms with Crippen molar-refractivity contribution in [1.82, 2.24) is 0 Å². The van der Waals surface area contributed by atoms with E-state index in [4.69, 9.17) is 0 Å². The highest BCUT2D eigenvalue weighted by Gasteiger charge is 2.01. The van der Waals surface area contributed by atoms with Gasteiger partial charge in [-0.25, -0.2) is 8.78 Å². The highest BCUT2D eigenvalue weighted by molar-refractivity contribution is 5.64. The minimum absolute atomic E-state index is 0.195. The maximum Gasteiger partial charge on any atom is 0.123 e. The Morgan fingerprint density at radius 3 is 0.886 bits per heavy atom. The Kier molecular flexibility index (Phi) is 9.23. The number of aryl methyl sites for hydroxylation is 2. The summed E-state index contributed by atoms with van der Waals surface area (Å²) in [6.07, 6.45) is 11.2. The van der Waals surface area contributed by atoms with Crippen molar-refractivity contribution in [1.29, 1.82) is 0 Å². The number of halogens is 2. The molecule has 4 rings (SSSR count). The molecule has 0 aliphatic rings. The molecule has 0 N–H and O–H groups in total. The second-order valence-corrected chi connectivity index (χ2v) is 9.38. The van der Waals surface area contributed by atoms with Crippen molar-refractivity contribution in [2.45, 2.75) is 57.8 Å². The maximum atomic E-state index is 13.1. The van der Waals surface area contributed by atoms with Crippen LogP contribution in [0.4, 0.5) is 8.78 Å². The molecule has 0 radical (unpaired) electrons. The summed E-state index contributed by atoms with van der Waals surface area (Å²) in [7, 11) is 0. The van der Waals surface area contributed by atoms with Crippen LogP contribution in [0.5, 0.6) is 0 Å². The van der Waals surface area contributed by atoms with Crippen LogP contribution in [0.25, 0.3) is 22.3 Å². The first-order valence-corrected chi connectivity index (χ1v) is 12.9. The van der Waals surface area contributed by atoms with E-state index in [1.165, 1.54) is 80.3 Å². The van der Waals surface area contributed by atoms with Gasteiger partial charge in [-0.15, -0.1) is 0 Å². The average Bonchev–Trinajstić information content (AvgIpc) is 2.89. The first-order chi connectivity index (χ1) is 17.2. The van der Waals surface area contributed by atoms with Crippen molar-refractivity contribution >= 4 is 0 Å². The number of benzene rings is 4. The Morgan fingerprint density at radius 2 is 0.571 bits per heavy atom. The molecule has 2 heteroatoms. The van der Waals surface area contributed by atoms with Crippen LogP contribution in [0.2, 0.25) is 0 Å². The molecule has 0 unspecified atom stereocenters. The van der Waals surface area contributed by atoms with E-state index >= 15 is 0 Å². The Labute approximate surface area is 208 Å².